The molecule has 0 unspecified atom stereocenters. The minimum atomic E-state index is -0.828. The highest BCUT2D eigenvalue weighted by molar-refractivity contribution is 5.02. The van der Waals surface area contributed by atoms with Crippen LogP contribution in [0.4, 0.5) is 0 Å². The summed E-state index contributed by atoms with van der Waals surface area (Å²) in [5.74, 6) is 3.60. The smallest absolute Gasteiger partial charge is 0.232 e. The third-order valence-electron chi connectivity index (χ3n) is 7.02. The van der Waals surface area contributed by atoms with Crippen LogP contribution in [0.1, 0.15) is 128 Å². The summed E-state index contributed by atoms with van der Waals surface area (Å²) >= 11 is 0. The summed E-state index contributed by atoms with van der Waals surface area (Å²) in [6, 6.07) is 0. The molecule has 0 bridgehead atoms. The highest BCUT2D eigenvalue weighted by Gasteiger charge is 2.26. The third-order valence-corrected chi connectivity index (χ3v) is 7.02. The molecule has 0 heterocycles. The Balaban J connectivity index is 3.32. The fraction of sp³-hybridized carbons (Fsp3) is 0.867. The summed E-state index contributed by atoms with van der Waals surface area (Å²) < 4.78 is 21.3. The van der Waals surface area contributed by atoms with Gasteiger partial charge in [0.05, 0.1) is 0 Å². The quantitative estimate of drug-likeness (QED) is 0.0756. The summed E-state index contributed by atoms with van der Waals surface area (Å²) in [4.78, 5) is 0. The van der Waals surface area contributed by atoms with Gasteiger partial charge in [-0.2, -0.15) is 0 Å². The van der Waals surface area contributed by atoms with Crippen LogP contribution in [0.15, 0.2) is 0 Å². The van der Waals surface area contributed by atoms with Crippen LogP contribution in [0, 0.1) is 24.7 Å². The van der Waals surface area contributed by atoms with E-state index < -0.39 is 11.6 Å². The lowest BCUT2D eigenvalue weighted by Crippen LogP contribution is -2.31. The first kappa shape index (κ1) is 33.0. The molecule has 0 aromatic rings. The highest BCUT2D eigenvalue weighted by Crippen LogP contribution is 2.21. The van der Waals surface area contributed by atoms with Gasteiger partial charge in [-0.25, -0.2) is 0 Å². The molecule has 0 fully saturated rings. The Hall–Kier alpha value is -1.04. The van der Waals surface area contributed by atoms with Gasteiger partial charge in [0.25, 0.3) is 0 Å². The third kappa shape index (κ3) is 15.8. The summed E-state index contributed by atoms with van der Waals surface area (Å²) in [6.07, 6.45) is 36.1. The van der Waals surface area contributed by atoms with E-state index >= 15 is 0 Å². The van der Waals surface area contributed by atoms with Crippen LogP contribution >= 0.6 is 0 Å². The Morgan fingerprint density at radius 3 is 0.706 bits per heavy atom. The molecule has 0 aromatic carbocycles. The molecule has 0 aliphatic carbocycles. The second-order valence-corrected chi connectivity index (χ2v) is 9.47. The van der Waals surface area contributed by atoms with Crippen molar-refractivity contribution in [1.29, 1.82) is 0 Å². The monoisotopic (exact) mass is 478 g/mol. The van der Waals surface area contributed by atoms with Gasteiger partial charge in [0.1, 0.15) is 0 Å². The van der Waals surface area contributed by atoms with Crippen LogP contribution in [0.25, 0.3) is 0 Å². The maximum absolute atomic E-state index is 5.52. The van der Waals surface area contributed by atoms with Gasteiger partial charge in [-0.15, -0.1) is 12.8 Å². The standard InChI is InChI=1S/C30H54O4/c1-7-29(31-3,32-4)27-25-23-21-19-17-15-13-11-9-10-12-14-16-18-20-22-24-26-28-30(8-2,33-5)34-6/h1-2H,9-28H2,3-6H3. The Bertz CT molecular complexity index is 475. The number of hydrogen-bond donors (Lipinski definition) is 0. The number of hydrogen-bond acceptors (Lipinski definition) is 4. The molecule has 0 saturated carbocycles. The molecular formula is C30H54O4. The lowest BCUT2D eigenvalue weighted by molar-refractivity contribution is -0.167. The fourth-order valence-electron chi connectivity index (χ4n) is 4.50. The summed E-state index contributed by atoms with van der Waals surface area (Å²) in [5, 5.41) is 0. The van der Waals surface area contributed by atoms with E-state index in [-0.39, 0.29) is 0 Å². The van der Waals surface area contributed by atoms with E-state index in [2.05, 4.69) is 11.8 Å². The van der Waals surface area contributed by atoms with Crippen LogP contribution in [0.5, 0.6) is 0 Å². The average Bonchev–Trinajstić information content (AvgIpc) is 2.88. The van der Waals surface area contributed by atoms with Crippen molar-refractivity contribution in [3.8, 4) is 24.7 Å². The van der Waals surface area contributed by atoms with E-state index in [1.54, 1.807) is 28.4 Å². The minimum Gasteiger partial charge on any atom is -0.343 e. The van der Waals surface area contributed by atoms with Crippen molar-refractivity contribution >= 4 is 0 Å². The molecule has 0 aromatic heterocycles. The van der Waals surface area contributed by atoms with E-state index in [1.165, 1.54) is 103 Å². The van der Waals surface area contributed by atoms with E-state index in [0.29, 0.717) is 0 Å². The molecule has 34 heavy (non-hydrogen) atoms. The molecule has 0 saturated heterocycles. The van der Waals surface area contributed by atoms with Gasteiger partial charge >= 0.3 is 0 Å². The Morgan fingerprint density at radius 2 is 0.559 bits per heavy atom. The fourth-order valence-corrected chi connectivity index (χ4v) is 4.50. The summed E-state index contributed by atoms with van der Waals surface area (Å²) in [6.45, 7) is 0. The molecule has 0 amide bonds. The molecule has 0 rings (SSSR count). The molecule has 198 valence electrons. The molecule has 0 aliphatic rings. The summed E-state index contributed by atoms with van der Waals surface area (Å²) in [7, 11) is 6.47. The maximum Gasteiger partial charge on any atom is 0.232 e. The number of ether oxygens (including phenoxy) is 4. The molecule has 0 radical (unpaired) electrons. The summed E-state index contributed by atoms with van der Waals surface area (Å²) in [5.41, 5.74) is 0. The average molecular weight is 479 g/mol. The van der Waals surface area contributed by atoms with Crippen LogP contribution in [-0.2, 0) is 18.9 Å². The maximum atomic E-state index is 5.52. The van der Waals surface area contributed by atoms with Crippen LogP contribution < -0.4 is 0 Å². The van der Waals surface area contributed by atoms with Gasteiger partial charge in [0.15, 0.2) is 0 Å². The topological polar surface area (TPSA) is 36.9 Å². The lowest BCUT2D eigenvalue weighted by Gasteiger charge is -2.24. The number of terminal acetylenes is 2. The largest absolute Gasteiger partial charge is 0.343 e. The van der Waals surface area contributed by atoms with E-state index in [0.717, 1.165) is 25.7 Å². The molecule has 0 atom stereocenters. The van der Waals surface area contributed by atoms with Crippen molar-refractivity contribution in [3.05, 3.63) is 0 Å². The van der Waals surface area contributed by atoms with Crippen LogP contribution in [0.3, 0.4) is 0 Å². The second kappa shape index (κ2) is 22.4. The van der Waals surface area contributed by atoms with Gasteiger partial charge in [-0.3, -0.25) is 0 Å². The first-order valence-electron chi connectivity index (χ1n) is 13.7. The zero-order chi connectivity index (χ0) is 25.4. The van der Waals surface area contributed by atoms with Gasteiger partial charge in [-0.1, -0.05) is 103 Å². The number of unbranched alkanes of at least 4 members (excludes halogenated alkanes) is 17. The number of rotatable bonds is 25. The van der Waals surface area contributed by atoms with Gasteiger partial charge in [0.2, 0.25) is 11.6 Å². The zero-order valence-corrected chi connectivity index (χ0v) is 22.9. The SMILES string of the molecule is C#CC(CCCCCCCCCCCCCCCCCCCCC(C#C)(OC)OC)(OC)OC. The molecular weight excluding hydrogens is 424 g/mol. The van der Waals surface area contributed by atoms with Crippen molar-refractivity contribution < 1.29 is 18.9 Å². The lowest BCUT2D eigenvalue weighted by atomic mass is 10.0. The van der Waals surface area contributed by atoms with Crippen molar-refractivity contribution in [2.75, 3.05) is 28.4 Å². The van der Waals surface area contributed by atoms with Crippen molar-refractivity contribution in [1.82, 2.24) is 0 Å². The predicted octanol–water partition coefficient (Wildman–Crippen LogP) is 8.03. The van der Waals surface area contributed by atoms with Gasteiger partial charge in [-0.05, 0) is 24.7 Å². The van der Waals surface area contributed by atoms with Crippen molar-refractivity contribution in [2.45, 2.75) is 140 Å². The molecule has 0 spiro atoms. The number of methoxy groups -OCH3 is 4. The van der Waals surface area contributed by atoms with Gasteiger partial charge in [0, 0.05) is 41.3 Å². The second-order valence-electron chi connectivity index (χ2n) is 9.47. The first-order valence-corrected chi connectivity index (χ1v) is 13.7. The van der Waals surface area contributed by atoms with E-state index in [9.17, 15) is 0 Å². The van der Waals surface area contributed by atoms with E-state index in [1.807, 2.05) is 0 Å². The molecule has 4 heteroatoms. The van der Waals surface area contributed by atoms with Crippen LogP contribution in [-0.4, -0.2) is 40.0 Å². The van der Waals surface area contributed by atoms with Gasteiger partial charge < -0.3 is 18.9 Å². The molecule has 0 aliphatic heterocycles. The molecule has 0 N–H and O–H groups in total. The van der Waals surface area contributed by atoms with Crippen molar-refractivity contribution in [2.24, 2.45) is 0 Å². The normalized spacial score (nSPS) is 11.9. The zero-order valence-electron chi connectivity index (χ0n) is 22.9. The van der Waals surface area contributed by atoms with E-state index in [4.69, 9.17) is 31.8 Å². The first-order chi connectivity index (χ1) is 16.6. The van der Waals surface area contributed by atoms with Crippen LogP contribution in [0.2, 0.25) is 0 Å². The Kier molecular flexibility index (Phi) is 21.7. The van der Waals surface area contributed by atoms with Crippen molar-refractivity contribution in [3.63, 3.8) is 0 Å². The Morgan fingerprint density at radius 1 is 0.382 bits per heavy atom. The minimum absolute atomic E-state index is 0.772. The predicted molar refractivity (Wildman–Crippen MR) is 144 cm³/mol. The molecule has 4 nitrogen and oxygen atoms in total. The Labute approximate surface area is 212 Å². The highest BCUT2D eigenvalue weighted by atomic mass is 16.7.